The van der Waals surface area contributed by atoms with Gasteiger partial charge in [0.1, 0.15) is 0 Å². The molecule has 36 heavy (non-hydrogen) atoms. The summed E-state index contributed by atoms with van der Waals surface area (Å²) in [7, 11) is 0. The third-order valence-corrected chi connectivity index (χ3v) is 8.56. The number of halogens is 1. The van der Waals surface area contributed by atoms with Gasteiger partial charge in [0.05, 0.1) is 6.33 Å². The number of nitrogens with zero attached hydrogens (tertiary/aromatic N) is 5. The first-order valence-electron chi connectivity index (χ1n) is 11.9. The van der Waals surface area contributed by atoms with Gasteiger partial charge in [0.25, 0.3) is 0 Å². The zero-order valence-electron chi connectivity index (χ0n) is 20.4. The van der Waals surface area contributed by atoms with E-state index >= 15 is 0 Å². The minimum absolute atomic E-state index is 0.0855. The Kier molecular flexibility index (Phi) is 6.67. The molecule has 12 heteroatoms. The SMILES string of the molecule is CC(C)(C)N(C(=O)O)C(CCn1cnc(N)c2nc(Sc3cc4c(cc3Br)OCO4)nc1-2)C1CCC1. The van der Waals surface area contributed by atoms with Gasteiger partial charge >= 0.3 is 6.09 Å². The third-order valence-electron chi connectivity index (χ3n) is 6.72. The van der Waals surface area contributed by atoms with E-state index in [1.54, 1.807) is 11.2 Å². The predicted octanol–water partition coefficient (Wildman–Crippen LogP) is 5.34. The third kappa shape index (κ3) is 4.80. The fourth-order valence-corrected chi connectivity index (χ4v) is 6.17. The van der Waals surface area contributed by atoms with Crippen molar-refractivity contribution in [3.8, 4) is 23.0 Å². The summed E-state index contributed by atoms with van der Waals surface area (Å²) in [4.78, 5) is 28.5. The van der Waals surface area contributed by atoms with Crippen molar-refractivity contribution in [1.29, 1.82) is 0 Å². The summed E-state index contributed by atoms with van der Waals surface area (Å²) >= 11 is 4.97. The largest absolute Gasteiger partial charge is 0.465 e. The molecule has 3 aliphatic heterocycles. The maximum Gasteiger partial charge on any atom is 0.407 e. The molecule has 3 N–H and O–H groups in total. The van der Waals surface area contributed by atoms with Crippen LogP contribution in [0.3, 0.4) is 0 Å². The molecule has 3 heterocycles. The molecule has 192 valence electrons. The van der Waals surface area contributed by atoms with Gasteiger partial charge in [-0.05, 0) is 85.8 Å². The Bertz CT molecular complexity index is 1260. The van der Waals surface area contributed by atoms with E-state index in [1.165, 1.54) is 11.8 Å². The summed E-state index contributed by atoms with van der Waals surface area (Å²) in [6.07, 6.45) is 4.67. The topological polar surface area (TPSA) is 129 Å². The summed E-state index contributed by atoms with van der Waals surface area (Å²) < 4.78 is 13.7. The zero-order chi connectivity index (χ0) is 25.6. The van der Waals surface area contributed by atoms with Crippen LogP contribution in [0.1, 0.15) is 46.5 Å². The normalized spacial score (nSPS) is 16.2. The highest BCUT2D eigenvalue weighted by Gasteiger charge is 2.39. The van der Waals surface area contributed by atoms with E-state index in [-0.39, 0.29) is 12.8 Å². The van der Waals surface area contributed by atoms with E-state index in [2.05, 4.69) is 25.9 Å². The molecular weight excluding hydrogens is 548 g/mol. The number of hydrogen-bond acceptors (Lipinski definition) is 8. The Hall–Kier alpha value is -2.73. The first-order valence-corrected chi connectivity index (χ1v) is 13.5. The summed E-state index contributed by atoms with van der Waals surface area (Å²) in [6, 6.07) is 3.68. The standard InChI is InChI=1S/C24H29BrN6O4S/c1-24(2,3)31(23(32)33)15(13-5-4-6-13)7-8-30-11-27-20(26)19-21(30)29-22(28-19)36-18-10-17-16(9-14(18)25)34-12-35-17/h9-11,13,15H,4-8,12,26H2,1-3H3,(H,32,33). The lowest BCUT2D eigenvalue weighted by molar-refractivity contribution is 0.0243. The second-order valence-corrected chi connectivity index (χ2v) is 12.0. The highest BCUT2D eigenvalue weighted by Crippen LogP contribution is 2.43. The average molecular weight is 578 g/mol. The van der Waals surface area contributed by atoms with Crippen LogP contribution < -0.4 is 15.2 Å². The van der Waals surface area contributed by atoms with E-state index in [0.717, 1.165) is 28.6 Å². The number of aromatic nitrogens is 4. The van der Waals surface area contributed by atoms with Gasteiger partial charge in [0, 0.05) is 27.5 Å². The molecule has 1 aliphatic carbocycles. The summed E-state index contributed by atoms with van der Waals surface area (Å²) in [5.41, 5.74) is 6.19. The van der Waals surface area contributed by atoms with Crippen molar-refractivity contribution in [2.45, 2.75) is 74.6 Å². The number of hydrogen-bond donors (Lipinski definition) is 2. The minimum Gasteiger partial charge on any atom is -0.465 e. The van der Waals surface area contributed by atoms with Crippen molar-refractivity contribution in [3.63, 3.8) is 0 Å². The van der Waals surface area contributed by atoms with E-state index in [0.29, 0.717) is 52.9 Å². The number of amides is 1. The fourth-order valence-electron chi connectivity index (χ4n) is 4.82. The van der Waals surface area contributed by atoms with E-state index in [1.807, 2.05) is 37.5 Å². The highest BCUT2D eigenvalue weighted by atomic mass is 79.9. The molecular formula is C24H29BrN6O4S. The van der Waals surface area contributed by atoms with E-state index in [9.17, 15) is 9.90 Å². The predicted molar refractivity (Wildman–Crippen MR) is 139 cm³/mol. The molecule has 0 radical (unpaired) electrons. The molecule has 0 spiro atoms. The molecule has 10 nitrogen and oxygen atoms in total. The number of nitrogens with two attached hydrogens (primary N) is 1. The minimum atomic E-state index is -0.883. The number of anilines is 1. The summed E-state index contributed by atoms with van der Waals surface area (Å²) in [6.45, 7) is 6.60. The Labute approximate surface area is 222 Å². The van der Waals surface area contributed by atoms with Gasteiger partial charge in [-0.25, -0.2) is 19.7 Å². The Morgan fingerprint density at radius 2 is 2.03 bits per heavy atom. The van der Waals surface area contributed by atoms with Gasteiger partial charge in [0.2, 0.25) is 6.79 Å². The van der Waals surface area contributed by atoms with Crippen LogP contribution in [-0.2, 0) is 6.54 Å². The Morgan fingerprint density at radius 3 is 2.67 bits per heavy atom. The molecule has 1 aromatic rings. The van der Waals surface area contributed by atoms with Gasteiger partial charge in [0.15, 0.2) is 34.0 Å². The van der Waals surface area contributed by atoms with Crippen LogP contribution in [0.2, 0.25) is 0 Å². The molecule has 0 bridgehead atoms. The van der Waals surface area contributed by atoms with Gasteiger partial charge in [-0.1, -0.05) is 6.42 Å². The highest BCUT2D eigenvalue weighted by molar-refractivity contribution is 9.10. The Morgan fingerprint density at radius 1 is 1.31 bits per heavy atom. The van der Waals surface area contributed by atoms with Crippen molar-refractivity contribution < 1.29 is 19.4 Å². The molecule has 5 rings (SSSR count). The number of carbonyl (C=O) groups is 1. The van der Waals surface area contributed by atoms with Crippen molar-refractivity contribution in [3.05, 3.63) is 22.9 Å². The smallest absolute Gasteiger partial charge is 0.407 e. The number of ether oxygens (including phenoxy) is 2. The maximum absolute atomic E-state index is 12.2. The number of carboxylic acid groups (broad SMARTS) is 1. The molecule has 1 fully saturated rings. The molecule has 0 aromatic heterocycles. The lowest BCUT2D eigenvalue weighted by Crippen LogP contribution is -2.55. The second-order valence-electron chi connectivity index (χ2n) is 10.1. The van der Waals surface area contributed by atoms with Crippen LogP contribution in [0.4, 0.5) is 10.6 Å². The van der Waals surface area contributed by atoms with E-state index in [4.69, 9.17) is 20.2 Å². The van der Waals surface area contributed by atoms with E-state index < -0.39 is 11.6 Å². The average Bonchev–Trinajstić information content (AvgIpc) is 3.38. The monoisotopic (exact) mass is 576 g/mol. The molecule has 4 aliphatic rings. The number of rotatable bonds is 7. The molecule has 1 amide bonds. The van der Waals surface area contributed by atoms with Crippen LogP contribution in [0, 0.1) is 5.92 Å². The molecule has 0 saturated heterocycles. The molecule has 1 unspecified atom stereocenters. The summed E-state index contributed by atoms with van der Waals surface area (Å²) in [5, 5.41) is 10.6. The number of fused-ring (bicyclic) bond motifs is 2. The molecule has 1 aromatic carbocycles. The van der Waals surface area contributed by atoms with Crippen molar-refractivity contribution in [2.75, 3.05) is 12.5 Å². The lowest BCUT2D eigenvalue weighted by Gasteiger charge is -2.46. The number of benzene rings is 1. The van der Waals surface area contributed by atoms with Crippen LogP contribution in [0.15, 0.2) is 33.0 Å². The Balaban J connectivity index is 1.40. The molecule has 1 atom stereocenters. The van der Waals surface area contributed by atoms with Gasteiger partial charge in [-0.2, -0.15) is 0 Å². The van der Waals surface area contributed by atoms with Crippen LogP contribution >= 0.6 is 27.7 Å². The maximum atomic E-state index is 12.2. The zero-order valence-corrected chi connectivity index (χ0v) is 22.8. The van der Waals surface area contributed by atoms with Crippen molar-refractivity contribution in [1.82, 2.24) is 24.4 Å². The number of nitrogen functional groups attached to an aromatic ring is 1. The van der Waals surface area contributed by atoms with Gasteiger partial charge < -0.3 is 29.8 Å². The van der Waals surface area contributed by atoms with Crippen molar-refractivity contribution >= 4 is 39.6 Å². The van der Waals surface area contributed by atoms with Crippen molar-refractivity contribution in [2.24, 2.45) is 5.92 Å². The first kappa shape index (κ1) is 24.9. The van der Waals surface area contributed by atoms with Gasteiger partial charge in [-0.15, -0.1) is 0 Å². The first-order chi connectivity index (χ1) is 17.1. The summed E-state index contributed by atoms with van der Waals surface area (Å²) in [5.74, 6) is 2.67. The molecule has 1 saturated carbocycles. The number of aryl methyl sites for hydroxylation is 1. The number of imidazole rings is 1. The fraction of sp³-hybridized carbons (Fsp3) is 0.500. The lowest BCUT2D eigenvalue weighted by atomic mass is 9.77. The van der Waals surface area contributed by atoms with Gasteiger partial charge in [-0.3, -0.25) is 0 Å². The van der Waals surface area contributed by atoms with Crippen LogP contribution in [-0.4, -0.2) is 54.0 Å². The van der Waals surface area contributed by atoms with Crippen LogP contribution in [0.5, 0.6) is 11.5 Å². The quantitative estimate of drug-likeness (QED) is 0.382. The second kappa shape index (κ2) is 9.62. The van der Waals surface area contributed by atoms with Crippen LogP contribution in [0.25, 0.3) is 11.5 Å².